The lowest BCUT2D eigenvalue weighted by Crippen LogP contribution is -2.32. The number of nitrogens with zero attached hydrogens (tertiary/aromatic N) is 3. The van der Waals surface area contributed by atoms with Crippen LogP contribution in [0, 0.1) is 0 Å². The van der Waals surface area contributed by atoms with E-state index in [2.05, 4.69) is 20.8 Å². The summed E-state index contributed by atoms with van der Waals surface area (Å²) in [6.45, 7) is 4.30. The molecule has 0 saturated heterocycles. The first-order valence-corrected chi connectivity index (χ1v) is 6.15. The summed E-state index contributed by atoms with van der Waals surface area (Å²) in [7, 11) is 0. The molecule has 1 heterocycles. The first kappa shape index (κ1) is 13.2. The predicted molar refractivity (Wildman–Crippen MR) is 73.1 cm³/mol. The van der Waals surface area contributed by atoms with Crippen LogP contribution in [-0.2, 0) is 4.79 Å². The molecule has 19 heavy (non-hydrogen) atoms. The van der Waals surface area contributed by atoms with E-state index in [9.17, 15) is 4.79 Å². The van der Waals surface area contributed by atoms with Crippen molar-refractivity contribution >= 4 is 11.6 Å². The number of carbonyl (C=O) groups is 1. The van der Waals surface area contributed by atoms with E-state index < -0.39 is 0 Å². The van der Waals surface area contributed by atoms with Crippen molar-refractivity contribution in [1.82, 2.24) is 20.3 Å². The van der Waals surface area contributed by atoms with Gasteiger partial charge in [-0.2, -0.15) is 15.0 Å². The third-order valence-corrected chi connectivity index (χ3v) is 2.47. The summed E-state index contributed by atoms with van der Waals surface area (Å²) in [6.07, 6.45) is 3.24. The SMILES string of the molecule is CC(C)NCC(=O)Nc1ccc(-n2nccn2)cc1. The van der Waals surface area contributed by atoms with Gasteiger partial charge in [0.25, 0.3) is 0 Å². The Morgan fingerprint density at radius 1 is 1.21 bits per heavy atom. The third-order valence-electron chi connectivity index (χ3n) is 2.47. The maximum Gasteiger partial charge on any atom is 0.238 e. The molecule has 2 aromatic rings. The molecule has 1 amide bonds. The minimum Gasteiger partial charge on any atom is -0.325 e. The van der Waals surface area contributed by atoms with E-state index in [4.69, 9.17) is 0 Å². The normalized spacial score (nSPS) is 10.7. The van der Waals surface area contributed by atoms with Crippen molar-refractivity contribution in [2.45, 2.75) is 19.9 Å². The van der Waals surface area contributed by atoms with Crippen LogP contribution in [0.4, 0.5) is 5.69 Å². The highest BCUT2D eigenvalue weighted by Gasteiger charge is 2.03. The minimum atomic E-state index is -0.0568. The topological polar surface area (TPSA) is 71.8 Å². The van der Waals surface area contributed by atoms with E-state index in [1.165, 1.54) is 4.80 Å². The van der Waals surface area contributed by atoms with Gasteiger partial charge in [-0.3, -0.25) is 4.79 Å². The average molecular weight is 259 g/mol. The number of aromatic nitrogens is 3. The van der Waals surface area contributed by atoms with Gasteiger partial charge in [0.2, 0.25) is 5.91 Å². The van der Waals surface area contributed by atoms with Crippen molar-refractivity contribution in [3.63, 3.8) is 0 Å². The van der Waals surface area contributed by atoms with Gasteiger partial charge < -0.3 is 10.6 Å². The number of amides is 1. The Balaban J connectivity index is 1.94. The summed E-state index contributed by atoms with van der Waals surface area (Å²) >= 11 is 0. The van der Waals surface area contributed by atoms with Crippen molar-refractivity contribution in [2.24, 2.45) is 0 Å². The van der Waals surface area contributed by atoms with Crippen LogP contribution in [0.5, 0.6) is 0 Å². The number of hydrogen-bond donors (Lipinski definition) is 2. The average Bonchev–Trinajstić information content (AvgIpc) is 2.91. The summed E-state index contributed by atoms with van der Waals surface area (Å²) in [4.78, 5) is 13.1. The molecule has 0 atom stereocenters. The molecule has 0 unspecified atom stereocenters. The molecule has 1 aromatic carbocycles. The Morgan fingerprint density at radius 2 is 1.84 bits per heavy atom. The summed E-state index contributed by atoms with van der Waals surface area (Å²) in [5.74, 6) is -0.0568. The number of hydrogen-bond acceptors (Lipinski definition) is 4. The summed E-state index contributed by atoms with van der Waals surface area (Å²) < 4.78 is 0. The number of nitrogens with one attached hydrogen (secondary N) is 2. The Hall–Kier alpha value is -2.21. The molecular weight excluding hydrogens is 242 g/mol. The molecule has 1 aromatic heterocycles. The quantitative estimate of drug-likeness (QED) is 0.846. The van der Waals surface area contributed by atoms with Crippen molar-refractivity contribution in [3.05, 3.63) is 36.7 Å². The molecule has 6 nitrogen and oxygen atoms in total. The molecule has 2 rings (SSSR count). The summed E-state index contributed by atoms with van der Waals surface area (Å²) in [5.41, 5.74) is 1.61. The monoisotopic (exact) mass is 259 g/mol. The van der Waals surface area contributed by atoms with Gasteiger partial charge in [-0.05, 0) is 24.3 Å². The lowest BCUT2D eigenvalue weighted by Gasteiger charge is -2.09. The van der Waals surface area contributed by atoms with Crippen LogP contribution in [0.2, 0.25) is 0 Å². The van der Waals surface area contributed by atoms with Crippen LogP contribution >= 0.6 is 0 Å². The zero-order valence-electron chi connectivity index (χ0n) is 11.0. The molecule has 0 spiro atoms. The number of carbonyl (C=O) groups excluding carboxylic acids is 1. The van der Waals surface area contributed by atoms with Gasteiger partial charge in [0.15, 0.2) is 0 Å². The Morgan fingerprint density at radius 3 is 2.42 bits per heavy atom. The largest absolute Gasteiger partial charge is 0.325 e. The zero-order chi connectivity index (χ0) is 13.7. The van der Waals surface area contributed by atoms with Gasteiger partial charge in [-0.15, -0.1) is 0 Å². The lowest BCUT2D eigenvalue weighted by atomic mass is 10.3. The molecule has 0 fully saturated rings. The predicted octanol–water partition coefficient (Wildman–Crippen LogP) is 1.20. The molecule has 0 aliphatic carbocycles. The molecule has 0 saturated carbocycles. The fourth-order valence-corrected chi connectivity index (χ4v) is 1.53. The number of benzene rings is 1. The van der Waals surface area contributed by atoms with Gasteiger partial charge in [0.05, 0.1) is 24.6 Å². The van der Waals surface area contributed by atoms with Crippen LogP contribution in [-0.4, -0.2) is 33.5 Å². The maximum atomic E-state index is 11.6. The van der Waals surface area contributed by atoms with E-state index >= 15 is 0 Å². The highest BCUT2D eigenvalue weighted by Crippen LogP contribution is 2.11. The second kappa shape index (κ2) is 6.10. The van der Waals surface area contributed by atoms with Crippen LogP contribution < -0.4 is 10.6 Å². The Labute approximate surface area is 111 Å². The molecule has 0 bridgehead atoms. The third kappa shape index (κ3) is 3.89. The first-order valence-electron chi connectivity index (χ1n) is 6.15. The van der Waals surface area contributed by atoms with E-state index in [1.54, 1.807) is 12.4 Å². The Bertz CT molecular complexity index is 518. The number of anilines is 1. The van der Waals surface area contributed by atoms with Gasteiger partial charge in [0, 0.05) is 11.7 Å². The minimum absolute atomic E-state index is 0.0568. The fraction of sp³-hybridized carbons (Fsp3) is 0.308. The van der Waals surface area contributed by atoms with Crippen molar-refractivity contribution in [2.75, 3.05) is 11.9 Å². The van der Waals surface area contributed by atoms with E-state index in [-0.39, 0.29) is 5.91 Å². The lowest BCUT2D eigenvalue weighted by molar-refractivity contribution is -0.115. The summed E-state index contributed by atoms with van der Waals surface area (Å²) in [5, 5.41) is 13.9. The van der Waals surface area contributed by atoms with E-state index in [1.807, 2.05) is 38.1 Å². The molecule has 100 valence electrons. The van der Waals surface area contributed by atoms with E-state index in [0.29, 0.717) is 12.6 Å². The summed E-state index contributed by atoms with van der Waals surface area (Å²) in [6, 6.07) is 7.65. The highest BCUT2D eigenvalue weighted by molar-refractivity contribution is 5.92. The first-order chi connectivity index (χ1) is 9.15. The standard InChI is InChI=1S/C13H17N5O/c1-10(2)14-9-13(19)17-11-3-5-12(6-4-11)18-15-7-8-16-18/h3-8,10,14H,9H2,1-2H3,(H,17,19). The van der Waals surface area contributed by atoms with E-state index in [0.717, 1.165) is 11.4 Å². The van der Waals surface area contributed by atoms with Crippen LogP contribution in [0.3, 0.4) is 0 Å². The second-order valence-electron chi connectivity index (χ2n) is 4.45. The maximum absolute atomic E-state index is 11.6. The fourth-order valence-electron chi connectivity index (χ4n) is 1.53. The van der Waals surface area contributed by atoms with Gasteiger partial charge in [-0.1, -0.05) is 13.8 Å². The van der Waals surface area contributed by atoms with Crippen molar-refractivity contribution in [3.8, 4) is 5.69 Å². The zero-order valence-corrected chi connectivity index (χ0v) is 11.0. The molecule has 0 aliphatic rings. The highest BCUT2D eigenvalue weighted by atomic mass is 16.1. The van der Waals surface area contributed by atoms with Crippen LogP contribution in [0.15, 0.2) is 36.7 Å². The smallest absolute Gasteiger partial charge is 0.238 e. The van der Waals surface area contributed by atoms with Gasteiger partial charge >= 0.3 is 0 Å². The van der Waals surface area contributed by atoms with Crippen LogP contribution in [0.1, 0.15) is 13.8 Å². The van der Waals surface area contributed by atoms with Crippen molar-refractivity contribution < 1.29 is 4.79 Å². The van der Waals surface area contributed by atoms with Gasteiger partial charge in [0.1, 0.15) is 0 Å². The molecular formula is C13H17N5O. The Kier molecular flexibility index (Phi) is 4.25. The van der Waals surface area contributed by atoms with Crippen molar-refractivity contribution in [1.29, 1.82) is 0 Å². The molecule has 0 radical (unpaired) electrons. The molecule has 6 heteroatoms. The number of rotatable bonds is 5. The molecule has 2 N–H and O–H groups in total. The van der Waals surface area contributed by atoms with Crippen LogP contribution in [0.25, 0.3) is 5.69 Å². The second-order valence-corrected chi connectivity index (χ2v) is 4.45. The van der Waals surface area contributed by atoms with Gasteiger partial charge in [-0.25, -0.2) is 0 Å². The molecule has 0 aliphatic heterocycles.